The molecule has 0 aliphatic carbocycles. The number of rotatable bonds is 4. The molecule has 0 aromatic carbocycles. The summed E-state index contributed by atoms with van der Waals surface area (Å²) < 4.78 is 0. The SMILES string of the molecule is CC(=O)Nc1nc(CN2CCCC[C@H]2c2ncc[nH]2)cs1. The second-order valence-electron chi connectivity index (χ2n) is 5.28. The summed E-state index contributed by atoms with van der Waals surface area (Å²) in [5.41, 5.74) is 1.00. The number of anilines is 1. The van der Waals surface area contributed by atoms with Crippen LogP contribution in [0.5, 0.6) is 0 Å². The molecule has 0 spiro atoms. The minimum absolute atomic E-state index is 0.0812. The van der Waals surface area contributed by atoms with E-state index in [0.29, 0.717) is 11.2 Å². The number of thiazole rings is 1. The predicted molar refractivity (Wildman–Crippen MR) is 82.0 cm³/mol. The van der Waals surface area contributed by atoms with Crippen LogP contribution in [-0.4, -0.2) is 32.3 Å². The van der Waals surface area contributed by atoms with Gasteiger partial charge in [-0.2, -0.15) is 0 Å². The molecule has 1 amide bonds. The molecule has 21 heavy (non-hydrogen) atoms. The number of aromatic amines is 1. The topological polar surface area (TPSA) is 73.9 Å². The third-order valence-corrected chi connectivity index (χ3v) is 4.46. The Morgan fingerprint density at radius 1 is 1.57 bits per heavy atom. The molecule has 6 nitrogen and oxygen atoms in total. The molecule has 112 valence electrons. The van der Waals surface area contributed by atoms with Gasteiger partial charge in [-0.15, -0.1) is 11.3 Å². The molecule has 1 aliphatic rings. The van der Waals surface area contributed by atoms with E-state index >= 15 is 0 Å². The lowest BCUT2D eigenvalue weighted by Gasteiger charge is -2.33. The zero-order chi connectivity index (χ0) is 14.7. The van der Waals surface area contributed by atoms with Crippen molar-refractivity contribution in [2.75, 3.05) is 11.9 Å². The number of amides is 1. The van der Waals surface area contributed by atoms with E-state index in [1.807, 2.05) is 11.6 Å². The van der Waals surface area contributed by atoms with Crippen LogP contribution in [0.3, 0.4) is 0 Å². The molecule has 2 aromatic heterocycles. The van der Waals surface area contributed by atoms with Crippen molar-refractivity contribution in [3.05, 3.63) is 29.3 Å². The number of piperidine rings is 1. The van der Waals surface area contributed by atoms with E-state index in [9.17, 15) is 4.79 Å². The number of carbonyl (C=O) groups excluding carboxylic acids is 1. The Balaban J connectivity index is 1.69. The van der Waals surface area contributed by atoms with E-state index in [2.05, 4.69) is 25.2 Å². The molecule has 3 rings (SSSR count). The van der Waals surface area contributed by atoms with Gasteiger partial charge in [-0.3, -0.25) is 9.69 Å². The summed E-state index contributed by atoms with van der Waals surface area (Å²) >= 11 is 1.47. The van der Waals surface area contributed by atoms with E-state index in [-0.39, 0.29) is 5.91 Å². The Morgan fingerprint density at radius 3 is 3.24 bits per heavy atom. The van der Waals surface area contributed by atoms with Gasteiger partial charge in [-0.25, -0.2) is 9.97 Å². The fraction of sp³-hybridized carbons (Fsp3) is 0.500. The number of aromatic nitrogens is 3. The number of hydrogen-bond donors (Lipinski definition) is 2. The van der Waals surface area contributed by atoms with Gasteiger partial charge in [0.15, 0.2) is 5.13 Å². The first-order valence-electron chi connectivity index (χ1n) is 7.17. The van der Waals surface area contributed by atoms with Gasteiger partial charge in [-0.1, -0.05) is 6.42 Å². The molecule has 0 saturated carbocycles. The van der Waals surface area contributed by atoms with Gasteiger partial charge in [0, 0.05) is 31.2 Å². The van der Waals surface area contributed by atoms with E-state index in [1.165, 1.54) is 31.1 Å². The van der Waals surface area contributed by atoms with Gasteiger partial charge in [0.2, 0.25) is 5.91 Å². The molecule has 2 aromatic rings. The van der Waals surface area contributed by atoms with Crippen LogP contribution >= 0.6 is 11.3 Å². The molecular weight excluding hydrogens is 286 g/mol. The summed E-state index contributed by atoms with van der Waals surface area (Å²) in [6.45, 7) is 3.35. The second-order valence-corrected chi connectivity index (χ2v) is 6.14. The number of nitrogens with one attached hydrogen (secondary N) is 2. The highest BCUT2D eigenvalue weighted by Gasteiger charge is 2.26. The quantitative estimate of drug-likeness (QED) is 0.910. The smallest absolute Gasteiger partial charge is 0.223 e. The van der Waals surface area contributed by atoms with Gasteiger partial charge in [0.05, 0.1) is 11.7 Å². The summed E-state index contributed by atoms with van der Waals surface area (Å²) in [4.78, 5) is 25.6. The zero-order valence-corrected chi connectivity index (χ0v) is 12.8. The maximum atomic E-state index is 11.1. The lowest BCUT2D eigenvalue weighted by Crippen LogP contribution is -2.33. The Morgan fingerprint density at radius 2 is 2.48 bits per heavy atom. The third-order valence-electron chi connectivity index (χ3n) is 3.65. The van der Waals surface area contributed by atoms with E-state index < -0.39 is 0 Å². The Hall–Kier alpha value is -1.73. The number of likely N-dealkylation sites (tertiary alicyclic amines) is 1. The standard InChI is InChI=1S/C14H19N5OS/c1-10(20)17-14-18-11(9-21-14)8-19-7-3-2-4-12(19)13-15-5-6-16-13/h5-6,9,12H,2-4,7-8H2,1H3,(H,15,16)(H,17,18,20)/t12-/m0/s1. The minimum atomic E-state index is -0.0812. The van der Waals surface area contributed by atoms with Crippen molar-refractivity contribution in [2.24, 2.45) is 0 Å². The van der Waals surface area contributed by atoms with Crippen LogP contribution < -0.4 is 5.32 Å². The van der Waals surface area contributed by atoms with Crippen molar-refractivity contribution >= 4 is 22.4 Å². The average Bonchev–Trinajstić information content (AvgIpc) is 3.11. The van der Waals surface area contributed by atoms with Crippen LogP contribution in [0.15, 0.2) is 17.8 Å². The van der Waals surface area contributed by atoms with Crippen molar-refractivity contribution in [3.8, 4) is 0 Å². The summed E-state index contributed by atoms with van der Waals surface area (Å²) in [5, 5.41) is 5.42. The fourth-order valence-electron chi connectivity index (χ4n) is 2.75. The molecule has 1 saturated heterocycles. The largest absolute Gasteiger partial charge is 0.347 e. The molecule has 7 heteroatoms. The number of H-pyrrole nitrogens is 1. The predicted octanol–water partition coefficient (Wildman–Crippen LogP) is 2.55. The van der Waals surface area contributed by atoms with Crippen LogP contribution in [0.2, 0.25) is 0 Å². The van der Waals surface area contributed by atoms with Gasteiger partial charge < -0.3 is 10.3 Å². The highest BCUT2D eigenvalue weighted by molar-refractivity contribution is 7.13. The molecule has 1 fully saturated rings. The maximum absolute atomic E-state index is 11.1. The molecule has 3 heterocycles. The molecule has 2 N–H and O–H groups in total. The molecule has 1 aliphatic heterocycles. The third kappa shape index (κ3) is 3.48. The monoisotopic (exact) mass is 305 g/mol. The van der Waals surface area contributed by atoms with Crippen molar-refractivity contribution in [1.29, 1.82) is 0 Å². The van der Waals surface area contributed by atoms with Crippen molar-refractivity contribution in [1.82, 2.24) is 19.9 Å². The number of nitrogens with zero attached hydrogens (tertiary/aromatic N) is 3. The van der Waals surface area contributed by atoms with Crippen LogP contribution in [0.4, 0.5) is 5.13 Å². The number of carbonyl (C=O) groups is 1. The first kappa shape index (κ1) is 14.2. The van der Waals surface area contributed by atoms with E-state index in [0.717, 1.165) is 31.0 Å². The first-order valence-corrected chi connectivity index (χ1v) is 8.05. The molecule has 1 atom stereocenters. The molecule has 0 bridgehead atoms. The average molecular weight is 305 g/mol. The van der Waals surface area contributed by atoms with E-state index in [4.69, 9.17) is 0 Å². The van der Waals surface area contributed by atoms with Crippen LogP contribution in [0.25, 0.3) is 0 Å². The summed E-state index contributed by atoms with van der Waals surface area (Å²) in [7, 11) is 0. The van der Waals surface area contributed by atoms with Crippen molar-refractivity contribution < 1.29 is 4.79 Å². The Bertz CT molecular complexity index is 594. The Kier molecular flexibility index (Phi) is 4.31. The second kappa shape index (κ2) is 6.36. The Labute approximate surface area is 127 Å². The summed E-state index contributed by atoms with van der Waals surface area (Å²) in [6.07, 6.45) is 7.24. The van der Waals surface area contributed by atoms with Gasteiger partial charge in [-0.05, 0) is 19.4 Å². The highest BCUT2D eigenvalue weighted by Crippen LogP contribution is 2.30. The zero-order valence-electron chi connectivity index (χ0n) is 12.0. The van der Waals surface area contributed by atoms with Crippen LogP contribution in [0, 0.1) is 0 Å². The van der Waals surface area contributed by atoms with Crippen LogP contribution in [-0.2, 0) is 11.3 Å². The normalized spacial score (nSPS) is 19.6. The first-order chi connectivity index (χ1) is 10.2. The van der Waals surface area contributed by atoms with Crippen molar-refractivity contribution in [2.45, 2.75) is 38.8 Å². The lowest BCUT2D eigenvalue weighted by atomic mass is 10.0. The summed E-state index contributed by atoms with van der Waals surface area (Å²) in [5.74, 6) is 0.953. The van der Waals surface area contributed by atoms with Crippen molar-refractivity contribution in [3.63, 3.8) is 0 Å². The lowest BCUT2D eigenvalue weighted by molar-refractivity contribution is -0.114. The van der Waals surface area contributed by atoms with Gasteiger partial charge in [0.25, 0.3) is 0 Å². The van der Waals surface area contributed by atoms with Crippen LogP contribution in [0.1, 0.15) is 43.7 Å². The fourth-order valence-corrected chi connectivity index (χ4v) is 3.49. The highest BCUT2D eigenvalue weighted by atomic mass is 32.1. The number of hydrogen-bond acceptors (Lipinski definition) is 5. The van der Waals surface area contributed by atoms with E-state index in [1.54, 1.807) is 6.20 Å². The van der Waals surface area contributed by atoms with Gasteiger partial charge in [0.1, 0.15) is 5.82 Å². The summed E-state index contributed by atoms with van der Waals surface area (Å²) in [6, 6.07) is 0.333. The molecular formula is C14H19N5OS. The van der Waals surface area contributed by atoms with Gasteiger partial charge >= 0.3 is 0 Å². The molecule has 0 unspecified atom stereocenters. The molecule has 0 radical (unpaired) electrons. The maximum Gasteiger partial charge on any atom is 0.223 e. The number of imidazole rings is 1. The minimum Gasteiger partial charge on any atom is -0.347 e.